The van der Waals surface area contributed by atoms with Crippen molar-refractivity contribution < 1.29 is 4.65 Å². The van der Waals surface area contributed by atoms with Gasteiger partial charge < -0.3 is 9.85 Å². The summed E-state index contributed by atoms with van der Waals surface area (Å²) in [5, 5.41) is 14.3. The number of hydrogen-bond donors (Lipinski definition) is 0. The minimum atomic E-state index is -0.190. The second-order valence-electron chi connectivity index (χ2n) is 8.83. The molecule has 158 valence electrons. The highest BCUT2D eigenvalue weighted by molar-refractivity contribution is 6.30. The number of hydroxylamine groups is 3. The summed E-state index contributed by atoms with van der Waals surface area (Å²) in [6.07, 6.45) is 9.01. The van der Waals surface area contributed by atoms with E-state index in [0.717, 1.165) is 47.5 Å². The number of aryl methyl sites for hydroxylation is 3. The number of likely N-dealkylation sites (tertiary alicyclic amines) is 1. The summed E-state index contributed by atoms with van der Waals surface area (Å²) in [6.45, 7) is 3.67. The molecule has 5 heteroatoms. The number of pyridine rings is 2. The predicted octanol–water partition coefficient (Wildman–Crippen LogP) is 5.65. The number of benzene rings is 1. The Balaban J connectivity index is 1.50. The zero-order chi connectivity index (χ0) is 21.4. The van der Waals surface area contributed by atoms with E-state index >= 15 is 0 Å². The molecular weight excluding hydrogens is 406 g/mol. The third-order valence-electron chi connectivity index (χ3n) is 6.53. The van der Waals surface area contributed by atoms with Gasteiger partial charge in [0, 0.05) is 47.6 Å². The molecule has 1 aliphatic carbocycles. The van der Waals surface area contributed by atoms with Gasteiger partial charge in [-0.15, -0.1) is 0 Å². The average molecular weight is 432 g/mol. The van der Waals surface area contributed by atoms with Gasteiger partial charge >= 0.3 is 0 Å². The van der Waals surface area contributed by atoms with Gasteiger partial charge in [-0.05, 0) is 71.9 Å². The lowest BCUT2D eigenvalue weighted by Crippen LogP contribution is -2.46. The van der Waals surface area contributed by atoms with Gasteiger partial charge in [-0.1, -0.05) is 23.7 Å². The molecule has 0 radical (unpaired) electrons. The number of hydrogen-bond acceptors (Lipinski definition) is 3. The first-order valence-electron chi connectivity index (χ1n) is 10.9. The topological polar surface area (TPSA) is 48.8 Å². The molecule has 0 spiro atoms. The average Bonchev–Trinajstić information content (AvgIpc) is 2.91. The van der Waals surface area contributed by atoms with Crippen molar-refractivity contribution in [2.24, 2.45) is 0 Å². The molecule has 4 nitrogen and oxygen atoms in total. The lowest BCUT2D eigenvalue weighted by molar-refractivity contribution is -0.896. The van der Waals surface area contributed by atoms with Gasteiger partial charge in [0.25, 0.3) is 0 Å². The summed E-state index contributed by atoms with van der Waals surface area (Å²) in [6, 6.07) is 12.5. The SMILES string of the molecule is Cc1cncc(C[N+]2([O-])CCC(=C3c4ccc(Cl)cc4CCc4cccnc43)CC2)c1. The fourth-order valence-corrected chi connectivity index (χ4v) is 5.19. The minimum Gasteiger partial charge on any atom is -0.633 e. The smallest absolute Gasteiger partial charge is 0.106 e. The Morgan fingerprint density at radius 1 is 1.00 bits per heavy atom. The normalized spacial score (nSPS) is 20.7. The third-order valence-corrected chi connectivity index (χ3v) is 6.76. The molecule has 2 aromatic heterocycles. The Morgan fingerprint density at radius 3 is 2.61 bits per heavy atom. The van der Waals surface area contributed by atoms with Crippen LogP contribution >= 0.6 is 11.6 Å². The molecule has 3 aromatic rings. The standard InChI is InChI=1S/C26H26ClN3O/c1-18-13-19(16-28-15-18)17-30(31)11-8-20(9-12-30)25-24-7-6-23(27)14-22(24)5-4-21-3-2-10-29-26(21)25/h2-3,6-7,10,13-16H,4-5,8-9,11-12,17H2,1H3. The van der Waals surface area contributed by atoms with Gasteiger partial charge in [0.05, 0.1) is 18.8 Å². The Hall–Kier alpha value is -2.53. The van der Waals surface area contributed by atoms with Crippen LogP contribution in [0.2, 0.25) is 5.02 Å². The highest BCUT2D eigenvalue weighted by Gasteiger charge is 2.29. The van der Waals surface area contributed by atoms with E-state index in [4.69, 9.17) is 16.6 Å². The van der Waals surface area contributed by atoms with Gasteiger partial charge in [0.2, 0.25) is 0 Å². The van der Waals surface area contributed by atoms with Crippen molar-refractivity contribution in [3.63, 3.8) is 0 Å². The van der Waals surface area contributed by atoms with Gasteiger partial charge in [-0.2, -0.15) is 0 Å². The summed E-state index contributed by atoms with van der Waals surface area (Å²) in [4.78, 5) is 9.05. The Morgan fingerprint density at radius 2 is 1.81 bits per heavy atom. The molecule has 0 saturated carbocycles. The molecule has 0 atom stereocenters. The molecule has 0 N–H and O–H groups in total. The number of fused-ring (bicyclic) bond motifs is 2. The zero-order valence-corrected chi connectivity index (χ0v) is 18.5. The number of nitrogens with zero attached hydrogens (tertiary/aromatic N) is 3. The first-order chi connectivity index (χ1) is 15.0. The van der Waals surface area contributed by atoms with E-state index in [0.29, 0.717) is 19.6 Å². The lowest BCUT2D eigenvalue weighted by atomic mass is 9.88. The molecule has 5 rings (SSSR count). The van der Waals surface area contributed by atoms with E-state index < -0.39 is 0 Å². The van der Waals surface area contributed by atoms with Crippen LogP contribution < -0.4 is 0 Å². The lowest BCUT2D eigenvalue weighted by Gasteiger charge is -2.46. The summed E-state index contributed by atoms with van der Waals surface area (Å²) < 4.78 is -0.190. The number of piperidine rings is 1. The Labute approximate surface area is 188 Å². The highest BCUT2D eigenvalue weighted by Crippen LogP contribution is 2.39. The number of quaternary nitrogens is 1. The first-order valence-corrected chi connectivity index (χ1v) is 11.3. The molecule has 0 unspecified atom stereocenters. The van der Waals surface area contributed by atoms with Crippen LogP contribution in [-0.4, -0.2) is 27.7 Å². The summed E-state index contributed by atoms with van der Waals surface area (Å²) >= 11 is 6.32. The number of rotatable bonds is 2. The van der Waals surface area contributed by atoms with Gasteiger partial charge in [0.1, 0.15) is 6.54 Å². The summed E-state index contributed by atoms with van der Waals surface area (Å²) in [5.74, 6) is 0. The van der Waals surface area contributed by atoms with E-state index in [-0.39, 0.29) is 4.65 Å². The largest absolute Gasteiger partial charge is 0.633 e. The van der Waals surface area contributed by atoms with Crippen LogP contribution in [0.15, 0.2) is 60.6 Å². The molecule has 0 bridgehead atoms. The van der Waals surface area contributed by atoms with Gasteiger partial charge in [-0.25, -0.2) is 0 Å². The van der Waals surface area contributed by atoms with Crippen molar-refractivity contribution in [2.75, 3.05) is 13.1 Å². The Bertz CT molecular complexity index is 1160. The molecular formula is C26H26ClN3O. The molecule has 1 saturated heterocycles. The van der Waals surface area contributed by atoms with E-state index in [2.05, 4.69) is 29.2 Å². The van der Waals surface area contributed by atoms with Crippen LogP contribution in [0, 0.1) is 12.1 Å². The van der Waals surface area contributed by atoms with Crippen LogP contribution in [0.25, 0.3) is 5.57 Å². The molecule has 0 amide bonds. The van der Waals surface area contributed by atoms with Crippen LogP contribution in [0.4, 0.5) is 0 Å². The fraction of sp³-hybridized carbons (Fsp3) is 0.308. The maximum atomic E-state index is 13.5. The van der Waals surface area contributed by atoms with E-state index in [1.807, 2.05) is 37.6 Å². The molecule has 1 aliphatic heterocycles. The van der Waals surface area contributed by atoms with Crippen LogP contribution in [0.3, 0.4) is 0 Å². The van der Waals surface area contributed by atoms with Crippen LogP contribution in [-0.2, 0) is 19.4 Å². The van der Waals surface area contributed by atoms with Crippen molar-refractivity contribution in [1.82, 2.24) is 9.97 Å². The fourth-order valence-electron chi connectivity index (χ4n) is 4.99. The number of aromatic nitrogens is 2. The molecule has 1 aromatic carbocycles. The zero-order valence-electron chi connectivity index (χ0n) is 17.8. The quantitative estimate of drug-likeness (QED) is 0.389. The number of halogens is 1. The monoisotopic (exact) mass is 431 g/mol. The Kier molecular flexibility index (Phi) is 5.39. The second-order valence-corrected chi connectivity index (χ2v) is 9.26. The van der Waals surface area contributed by atoms with E-state index in [9.17, 15) is 5.21 Å². The third kappa shape index (κ3) is 4.16. The van der Waals surface area contributed by atoms with Crippen molar-refractivity contribution in [3.8, 4) is 0 Å². The summed E-state index contributed by atoms with van der Waals surface area (Å²) in [5.41, 5.74) is 9.54. The second kappa shape index (κ2) is 8.19. The van der Waals surface area contributed by atoms with Gasteiger partial charge in [-0.3, -0.25) is 9.97 Å². The minimum absolute atomic E-state index is 0.190. The predicted molar refractivity (Wildman–Crippen MR) is 124 cm³/mol. The maximum Gasteiger partial charge on any atom is 0.106 e. The summed E-state index contributed by atoms with van der Waals surface area (Å²) in [7, 11) is 0. The van der Waals surface area contributed by atoms with E-state index in [1.165, 1.54) is 27.8 Å². The van der Waals surface area contributed by atoms with Crippen molar-refractivity contribution in [3.05, 3.63) is 104 Å². The van der Waals surface area contributed by atoms with Crippen LogP contribution in [0.5, 0.6) is 0 Å². The molecule has 1 fully saturated rings. The van der Waals surface area contributed by atoms with Crippen LogP contribution in [0.1, 0.15) is 46.4 Å². The highest BCUT2D eigenvalue weighted by atomic mass is 35.5. The van der Waals surface area contributed by atoms with Crippen molar-refractivity contribution >= 4 is 17.2 Å². The maximum absolute atomic E-state index is 13.5. The van der Waals surface area contributed by atoms with Crippen molar-refractivity contribution in [1.29, 1.82) is 0 Å². The molecule has 3 heterocycles. The van der Waals surface area contributed by atoms with Gasteiger partial charge in [0.15, 0.2) is 0 Å². The van der Waals surface area contributed by atoms with Crippen molar-refractivity contribution in [2.45, 2.75) is 39.2 Å². The first kappa shape index (κ1) is 20.4. The molecule has 31 heavy (non-hydrogen) atoms. The molecule has 2 aliphatic rings. The van der Waals surface area contributed by atoms with E-state index in [1.54, 1.807) is 0 Å².